The number of aromatic nitrogens is 1. The summed E-state index contributed by atoms with van der Waals surface area (Å²) in [6.45, 7) is 4.20. The van der Waals surface area contributed by atoms with E-state index < -0.39 is 5.97 Å². The smallest absolute Gasteiger partial charge is 0.362 e. The van der Waals surface area contributed by atoms with Crippen molar-refractivity contribution >= 4 is 45.7 Å². The van der Waals surface area contributed by atoms with Crippen molar-refractivity contribution in [1.82, 2.24) is 4.98 Å². The molecule has 0 bridgehead atoms. The number of nitrogens with one attached hydrogen (secondary N) is 1. The Morgan fingerprint density at radius 3 is 2.86 bits per heavy atom. The fourth-order valence-electron chi connectivity index (χ4n) is 1.18. The number of hydrogen-bond acceptors (Lipinski definition) is 7. The first-order valence-electron chi connectivity index (χ1n) is 6.31. The van der Waals surface area contributed by atoms with Gasteiger partial charge in [-0.05, 0) is 13.3 Å². The Hall–Kier alpha value is -1.67. The van der Waals surface area contributed by atoms with Crippen LogP contribution < -0.4 is 5.32 Å². The van der Waals surface area contributed by atoms with Gasteiger partial charge in [-0.3, -0.25) is 4.79 Å². The molecule has 0 unspecified atom stereocenters. The van der Waals surface area contributed by atoms with Crippen molar-refractivity contribution in [2.75, 3.05) is 24.4 Å². The third kappa shape index (κ3) is 5.68. The molecule has 0 saturated carbocycles. The molecular formula is C12H16ClN3O4S. The Morgan fingerprint density at radius 2 is 2.24 bits per heavy atom. The zero-order valence-electron chi connectivity index (χ0n) is 11.7. The standard InChI is InChI=1S/C12H16ClN3O4S/c1-3-5-20-16-10(11(18)19-4-2)8-7-21-12(14-8)15-9(17)6-13/h7H,3-6H2,1-2H3,(H,14,15,17)/b16-10-. The molecule has 0 fully saturated rings. The minimum absolute atomic E-state index is 0.0343. The molecule has 1 heterocycles. The van der Waals surface area contributed by atoms with Gasteiger partial charge in [0, 0.05) is 5.38 Å². The number of alkyl halides is 1. The molecule has 116 valence electrons. The first kappa shape index (κ1) is 17.4. The van der Waals surface area contributed by atoms with Crippen LogP contribution in [0.2, 0.25) is 0 Å². The van der Waals surface area contributed by atoms with Crippen molar-refractivity contribution in [2.45, 2.75) is 20.3 Å². The number of carbonyl (C=O) groups is 2. The van der Waals surface area contributed by atoms with Crippen molar-refractivity contribution in [3.05, 3.63) is 11.1 Å². The Labute approximate surface area is 131 Å². The van der Waals surface area contributed by atoms with Crippen LogP contribution in [0.1, 0.15) is 26.0 Å². The number of thiazole rings is 1. The molecule has 1 amide bonds. The topological polar surface area (TPSA) is 89.9 Å². The molecule has 0 aliphatic carbocycles. The van der Waals surface area contributed by atoms with E-state index in [1.165, 1.54) is 0 Å². The summed E-state index contributed by atoms with van der Waals surface area (Å²) in [7, 11) is 0. The van der Waals surface area contributed by atoms with Gasteiger partial charge < -0.3 is 14.9 Å². The molecule has 0 atom stereocenters. The summed E-state index contributed by atoms with van der Waals surface area (Å²) in [6.07, 6.45) is 0.758. The highest BCUT2D eigenvalue weighted by Gasteiger charge is 2.20. The van der Waals surface area contributed by atoms with E-state index in [0.717, 1.165) is 17.8 Å². The van der Waals surface area contributed by atoms with Gasteiger partial charge in [0.15, 0.2) is 5.13 Å². The molecule has 0 aliphatic rings. The monoisotopic (exact) mass is 333 g/mol. The minimum Gasteiger partial charge on any atom is -0.461 e. The van der Waals surface area contributed by atoms with Gasteiger partial charge in [-0.2, -0.15) is 0 Å². The van der Waals surface area contributed by atoms with Crippen LogP contribution in [0.15, 0.2) is 10.5 Å². The van der Waals surface area contributed by atoms with Gasteiger partial charge in [0.25, 0.3) is 0 Å². The second-order valence-corrected chi connectivity index (χ2v) is 4.84. The van der Waals surface area contributed by atoms with Crippen LogP contribution in [-0.4, -0.2) is 41.7 Å². The normalized spacial score (nSPS) is 11.1. The van der Waals surface area contributed by atoms with E-state index in [2.05, 4.69) is 15.5 Å². The van der Waals surface area contributed by atoms with Crippen LogP contribution in [-0.2, 0) is 19.2 Å². The highest BCUT2D eigenvalue weighted by atomic mass is 35.5. The Bertz CT molecular complexity index is 518. The molecule has 0 aliphatic heterocycles. The van der Waals surface area contributed by atoms with E-state index in [-0.39, 0.29) is 29.8 Å². The lowest BCUT2D eigenvalue weighted by molar-refractivity contribution is -0.135. The quantitative estimate of drug-likeness (QED) is 0.258. The molecule has 9 heteroatoms. The van der Waals surface area contributed by atoms with Crippen molar-refractivity contribution in [2.24, 2.45) is 5.16 Å². The number of rotatable bonds is 8. The predicted octanol–water partition coefficient (Wildman–Crippen LogP) is 2.01. The number of halogens is 1. The third-order valence-electron chi connectivity index (χ3n) is 2.03. The molecular weight excluding hydrogens is 318 g/mol. The molecule has 0 spiro atoms. The highest BCUT2D eigenvalue weighted by Crippen LogP contribution is 2.17. The molecule has 1 N–H and O–H groups in total. The Morgan fingerprint density at radius 1 is 1.48 bits per heavy atom. The SMILES string of the molecule is CCCO/N=C(\C(=O)OCC)c1csc(NC(=O)CCl)n1. The largest absolute Gasteiger partial charge is 0.461 e. The fraction of sp³-hybridized carbons (Fsp3) is 0.500. The maximum absolute atomic E-state index is 11.8. The molecule has 1 aromatic rings. The van der Waals surface area contributed by atoms with E-state index in [4.69, 9.17) is 21.2 Å². The minimum atomic E-state index is -0.630. The summed E-state index contributed by atoms with van der Waals surface area (Å²) in [5, 5.41) is 8.16. The number of esters is 1. The van der Waals surface area contributed by atoms with Crippen LogP contribution in [0.5, 0.6) is 0 Å². The van der Waals surface area contributed by atoms with Crippen LogP contribution in [0, 0.1) is 0 Å². The number of hydrogen-bond donors (Lipinski definition) is 1. The van der Waals surface area contributed by atoms with Gasteiger partial charge >= 0.3 is 5.97 Å². The second-order valence-electron chi connectivity index (χ2n) is 3.71. The van der Waals surface area contributed by atoms with Gasteiger partial charge in [-0.1, -0.05) is 12.1 Å². The summed E-state index contributed by atoms with van der Waals surface area (Å²) in [5.74, 6) is -1.18. The number of ether oxygens (including phenoxy) is 1. The molecule has 1 aromatic heterocycles. The number of amides is 1. The van der Waals surface area contributed by atoms with Crippen molar-refractivity contribution < 1.29 is 19.2 Å². The third-order valence-corrected chi connectivity index (χ3v) is 3.04. The summed E-state index contributed by atoms with van der Waals surface area (Å²) in [4.78, 5) is 32.2. The lowest BCUT2D eigenvalue weighted by atomic mass is 10.3. The van der Waals surface area contributed by atoms with Crippen LogP contribution >= 0.6 is 22.9 Å². The maximum Gasteiger partial charge on any atom is 0.362 e. The van der Waals surface area contributed by atoms with E-state index in [0.29, 0.717) is 11.7 Å². The van der Waals surface area contributed by atoms with E-state index >= 15 is 0 Å². The summed E-state index contributed by atoms with van der Waals surface area (Å²) < 4.78 is 4.91. The molecule has 21 heavy (non-hydrogen) atoms. The number of oxime groups is 1. The summed E-state index contributed by atoms with van der Waals surface area (Å²) in [5.41, 5.74) is 0.243. The van der Waals surface area contributed by atoms with Crippen LogP contribution in [0.25, 0.3) is 0 Å². The van der Waals surface area contributed by atoms with Crippen molar-refractivity contribution in [3.8, 4) is 0 Å². The zero-order chi connectivity index (χ0) is 15.7. The molecule has 0 saturated heterocycles. The molecule has 0 radical (unpaired) electrons. The Kier molecular flexibility index (Phi) is 7.70. The van der Waals surface area contributed by atoms with Gasteiger partial charge in [-0.15, -0.1) is 22.9 Å². The first-order chi connectivity index (χ1) is 10.1. The average molecular weight is 334 g/mol. The second kappa shape index (κ2) is 9.30. The zero-order valence-corrected chi connectivity index (χ0v) is 13.3. The predicted molar refractivity (Wildman–Crippen MR) is 80.9 cm³/mol. The lowest BCUT2D eigenvalue weighted by Gasteiger charge is -2.03. The number of nitrogens with zero attached hydrogens (tertiary/aromatic N) is 2. The van der Waals surface area contributed by atoms with Crippen LogP contribution in [0.3, 0.4) is 0 Å². The molecule has 0 aromatic carbocycles. The summed E-state index contributed by atoms with van der Waals surface area (Å²) in [6, 6.07) is 0. The summed E-state index contributed by atoms with van der Waals surface area (Å²) >= 11 is 6.54. The molecule has 1 rings (SSSR count). The van der Waals surface area contributed by atoms with Gasteiger partial charge in [0.1, 0.15) is 18.2 Å². The van der Waals surface area contributed by atoms with Gasteiger partial charge in [-0.25, -0.2) is 9.78 Å². The van der Waals surface area contributed by atoms with E-state index in [9.17, 15) is 9.59 Å². The number of anilines is 1. The van der Waals surface area contributed by atoms with E-state index in [1.807, 2.05) is 6.92 Å². The lowest BCUT2D eigenvalue weighted by Crippen LogP contribution is -2.20. The number of carbonyl (C=O) groups excluding carboxylic acids is 2. The van der Waals surface area contributed by atoms with Crippen LogP contribution in [0.4, 0.5) is 5.13 Å². The van der Waals surface area contributed by atoms with Crippen molar-refractivity contribution in [3.63, 3.8) is 0 Å². The Balaban J connectivity index is 2.90. The van der Waals surface area contributed by atoms with Gasteiger partial charge in [0.05, 0.1) is 6.61 Å². The van der Waals surface area contributed by atoms with Crippen molar-refractivity contribution in [1.29, 1.82) is 0 Å². The van der Waals surface area contributed by atoms with E-state index in [1.54, 1.807) is 12.3 Å². The molecule has 7 nitrogen and oxygen atoms in total. The average Bonchev–Trinajstić information content (AvgIpc) is 2.91. The van der Waals surface area contributed by atoms with Gasteiger partial charge in [0.2, 0.25) is 11.6 Å². The highest BCUT2D eigenvalue weighted by molar-refractivity contribution is 7.14. The maximum atomic E-state index is 11.8. The fourth-order valence-corrected chi connectivity index (χ4v) is 1.96. The first-order valence-corrected chi connectivity index (χ1v) is 7.72.